The van der Waals surface area contributed by atoms with Gasteiger partial charge in [0.1, 0.15) is 4.75 Å². The first-order valence-electron chi connectivity index (χ1n) is 4.02. The van der Waals surface area contributed by atoms with E-state index in [1.165, 1.54) is 13.8 Å². The summed E-state index contributed by atoms with van der Waals surface area (Å²) in [5.74, 6) is 0.372. The van der Waals surface area contributed by atoms with E-state index in [1.54, 1.807) is 0 Å². The van der Waals surface area contributed by atoms with Crippen LogP contribution in [0.2, 0.25) is 0 Å². The summed E-state index contributed by atoms with van der Waals surface area (Å²) in [6.07, 6.45) is 1.12. The predicted octanol–water partition coefficient (Wildman–Crippen LogP) is -0.192. The molecular formula is C7H13N3O3S. The Morgan fingerprint density at radius 3 is 2.43 bits per heavy atom. The first-order chi connectivity index (χ1) is 6.29. The molecule has 0 saturated heterocycles. The highest BCUT2D eigenvalue weighted by atomic mass is 32.2. The summed E-state index contributed by atoms with van der Waals surface area (Å²) in [5, 5.41) is 3.54. The monoisotopic (exact) mass is 219 g/mol. The van der Waals surface area contributed by atoms with E-state index in [2.05, 4.69) is 10.1 Å². The first kappa shape index (κ1) is 11.1. The molecule has 0 aliphatic heterocycles. The molecule has 0 bridgehead atoms. The lowest BCUT2D eigenvalue weighted by molar-refractivity contribution is 0.344. The van der Waals surface area contributed by atoms with Crippen LogP contribution in [0.4, 0.5) is 0 Å². The second-order valence-corrected chi connectivity index (χ2v) is 6.07. The maximum absolute atomic E-state index is 11.4. The van der Waals surface area contributed by atoms with Crippen LogP contribution in [0, 0.1) is 0 Å². The van der Waals surface area contributed by atoms with E-state index in [1.807, 2.05) is 0 Å². The standard InChI is InChI=1S/C7H13N3O3S/c1-7(2,14(3,11)12)6-9-5(4-8)10-13-6/h4,8H2,1-3H3. The van der Waals surface area contributed by atoms with Crippen molar-refractivity contribution in [3.8, 4) is 0 Å². The second-order valence-electron chi connectivity index (χ2n) is 3.50. The molecule has 2 N–H and O–H groups in total. The number of sulfone groups is 1. The Bertz CT molecular complexity index is 421. The Hall–Kier alpha value is -0.950. The van der Waals surface area contributed by atoms with Gasteiger partial charge in [0, 0.05) is 6.26 Å². The third-order valence-electron chi connectivity index (χ3n) is 2.09. The third-order valence-corrected chi connectivity index (χ3v) is 4.12. The van der Waals surface area contributed by atoms with Gasteiger partial charge in [-0.3, -0.25) is 0 Å². The van der Waals surface area contributed by atoms with Gasteiger partial charge in [-0.05, 0) is 13.8 Å². The van der Waals surface area contributed by atoms with Crippen molar-refractivity contribution >= 4 is 9.84 Å². The summed E-state index contributed by atoms with van der Waals surface area (Å²) in [4.78, 5) is 3.88. The van der Waals surface area contributed by atoms with Crippen LogP contribution in [0.25, 0.3) is 0 Å². The Labute approximate surface area is 82.4 Å². The zero-order chi connectivity index (χ0) is 11.0. The minimum absolute atomic E-state index is 0.0699. The molecule has 0 unspecified atom stereocenters. The van der Waals surface area contributed by atoms with E-state index in [0.717, 1.165) is 6.26 Å². The summed E-state index contributed by atoms with van der Waals surface area (Å²) < 4.78 is 26.4. The molecule has 0 fully saturated rings. The van der Waals surface area contributed by atoms with Crippen molar-refractivity contribution in [1.29, 1.82) is 0 Å². The molecule has 0 amide bonds. The van der Waals surface area contributed by atoms with Gasteiger partial charge in [-0.25, -0.2) is 8.42 Å². The van der Waals surface area contributed by atoms with E-state index in [9.17, 15) is 8.42 Å². The Kier molecular flexibility index (Phi) is 2.64. The largest absolute Gasteiger partial charge is 0.338 e. The summed E-state index contributed by atoms with van der Waals surface area (Å²) in [7, 11) is -3.29. The summed E-state index contributed by atoms with van der Waals surface area (Å²) in [6.45, 7) is 3.15. The van der Waals surface area contributed by atoms with Gasteiger partial charge >= 0.3 is 0 Å². The van der Waals surface area contributed by atoms with Gasteiger partial charge in [-0.15, -0.1) is 0 Å². The van der Waals surface area contributed by atoms with Gasteiger partial charge < -0.3 is 10.3 Å². The summed E-state index contributed by atoms with van der Waals surface area (Å²) in [6, 6.07) is 0. The second kappa shape index (κ2) is 3.32. The number of aromatic nitrogens is 2. The molecule has 0 aliphatic rings. The first-order valence-corrected chi connectivity index (χ1v) is 5.91. The van der Waals surface area contributed by atoms with Gasteiger partial charge in [0.15, 0.2) is 15.7 Å². The molecule has 6 nitrogen and oxygen atoms in total. The average molecular weight is 219 g/mol. The van der Waals surface area contributed by atoms with E-state index in [-0.39, 0.29) is 12.4 Å². The molecule has 1 aromatic heterocycles. The van der Waals surface area contributed by atoms with Crippen LogP contribution in [-0.2, 0) is 21.1 Å². The fourth-order valence-electron chi connectivity index (χ4n) is 0.740. The number of nitrogens with zero attached hydrogens (tertiary/aromatic N) is 2. The Morgan fingerprint density at radius 1 is 1.50 bits per heavy atom. The van der Waals surface area contributed by atoms with E-state index in [4.69, 9.17) is 10.3 Å². The highest BCUT2D eigenvalue weighted by molar-refractivity contribution is 7.91. The lowest BCUT2D eigenvalue weighted by atomic mass is 10.2. The van der Waals surface area contributed by atoms with E-state index < -0.39 is 14.6 Å². The van der Waals surface area contributed by atoms with Crippen molar-refractivity contribution in [2.45, 2.75) is 25.1 Å². The summed E-state index contributed by atoms with van der Waals surface area (Å²) >= 11 is 0. The van der Waals surface area contributed by atoms with Crippen molar-refractivity contribution in [1.82, 2.24) is 10.1 Å². The predicted molar refractivity (Wildman–Crippen MR) is 50.1 cm³/mol. The molecule has 0 radical (unpaired) electrons. The zero-order valence-corrected chi connectivity index (χ0v) is 9.13. The van der Waals surface area contributed by atoms with Gasteiger partial charge in [0.25, 0.3) is 0 Å². The van der Waals surface area contributed by atoms with Crippen molar-refractivity contribution < 1.29 is 12.9 Å². The molecule has 1 aromatic rings. The quantitative estimate of drug-likeness (QED) is 0.756. The van der Waals surface area contributed by atoms with Crippen LogP contribution in [-0.4, -0.2) is 24.8 Å². The molecular weight excluding hydrogens is 206 g/mol. The van der Waals surface area contributed by atoms with Crippen LogP contribution in [0.15, 0.2) is 4.52 Å². The van der Waals surface area contributed by atoms with Gasteiger partial charge in [0.2, 0.25) is 5.89 Å². The molecule has 0 spiro atoms. The zero-order valence-electron chi connectivity index (χ0n) is 8.31. The van der Waals surface area contributed by atoms with Crippen LogP contribution in [0.3, 0.4) is 0 Å². The van der Waals surface area contributed by atoms with E-state index >= 15 is 0 Å². The van der Waals surface area contributed by atoms with E-state index in [0.29, 0.717) is 5.82 Å². The lowest BCUT2D eigenvalue weighted by Gasteiger charge is -2.16. The lowest BCUT2D eigenvalue weighted by Crippen LogP contribution is -2.28. The number of hydrogen-bond donors (Lipinski definition) is 1. The molecule has 0 saturated carbocycles. The maximum Gasteiger partial charge on any atom is 0.247 e. The van der Waals surface area contributed by atoms with Crippen molar-refractivity contribution in [2.75, 3.05) is 6.26 Å². The van der Waals surface area contributed by atoms with Gasteiger partial charge in [-0.2, -0.15) is 4.98 Å². The molecule has 14 heavy (non-hydrogen) atoms. The highest BCUT2D eigenvalue weighted by Gasteiger charge is 2.38. The van der Waals surface area contributed by atoms with Crippen molar-refractivity contribution in [3.05, 3.63) is 11.7 Å². The minimum atomic E-state index is -3.29. The molecule has 1 rings (SSSR count). The number of nitrogens with two attached hydrogens (primary N) is 1. The Morgan fingerprint density at radius 2 is 2.07 bits per heavy atom. The van der Waals surface area contributed by atoms with Gasteiger partial charge in [-0.1, -0.05) is 5.16 Å². The smallest absolute Gasteiger partial charge is 0.247 e. The van der Waals surface area contributed by atoms with Crippen LogP contribution in [0.5, 0.6) is 0 Å². The number of hydrogen-bond acceptors (Lipinski definition) is 6. The van der Waals surface area contributed by atoms with Crippen molar-refractivity contribution in [2.24, 2.45) is 5.73 Å². The topological polar surface area (TPSA) is 99.1 Å². The number of rotatable bonds is 3. The van der Waals surface area contributed by atoms with Crippen molar-refractivity contribution in [3.63, 3.8) is 0 Å². The Balaban J connectivity index is 3.17. The van der Waals surface area contributed by atoms with Gasteiger partial charge in [0.05, 0.1) is 6.54 Å². The van der Waals surface area contributed by atoms with Crippen LogP contribution < -0.4 is 5.73 Å². The van der Waals surface area contributed by atoms with Crippen LogP contribution in [0.1, 0.15) is 25.6 Å². The fourth-order valence-corrected chi connectivity index (χ4v) is 1.14. The molecule has 1 heterocycles. The molecule has 0 aromatic carbocycles. The minimum Gasteiger partial charge on any atom is -0.338 e. The SMILES string of the molecule is CC(C)(c1nc(CN)no1)S(C)(=O)=O. The summed E-state index contributed by atoms with van der Waals surface area (Å²) in [5.41, 5.74) is 5.28. The average Bonchev–Trinajstić information content (AvgIpc) is 2.49. The van der Waals surface area contributed by atoms with Crippen LogP contribution >= 0.6 is 0 Å². The fraction of sp³-hybridized carbons (Fsp3) is 0.714. The normalized spacial score (nSPS) is 13.1. The molecule has 80 valence electrons. The third kappa shape index (κ3) is 1.78. The highest BCUT2D eigenvalue weighted by Crippen LogP contribution is 2.26. The molecule has 0 aliphatic carbocycles. The maximum atomic E-state index is 11.4. The molecule has 7 heteroatoms. The molecule has 0 atom stereocenters.